The van der Waals surface area contributed by atoms with E-state index in [1.165, 1.54) is 19.2 Å². The van der Waals surface area contributed by atoms with E-state index in [0.29, 0.717) is 22.0 Å². The maximum Gasteiger partial charge on any atom is 0.290 e. The van der Waals surface area contributed by atoms with Crippen molar-refractivity contribution in [1.29, 1.82) is 0 Å². The number of non-ortho nitro benzene ring substituents is 1. The number of hydrogen-bond donors (Lipinski definition) is 1. The first-order valence-electron chi connectivity index (χ1n) is 7.75. The molecule has 0 spiro atoms. The second kappa shape index (κ2) is 7.92. The number of ether oxygens (including phenoxy) is 2. The molecule has 2 aromatic carbocycles. The molecule has 1 aliphatic rings. The summed E-state index contributed by atoms with van der Waals surface area (Å²) in [7, 11) is 1.49. The Labute approximate surface area is 158 Å². The summed E-state index contributed by atoms with van der Waals surface area (Å²) in [6.07, 6.45) is 1.59. The van der Waals surface area contributed by atoms with E-state index in [9.17, 15) is 19.7 Å². The Morgan fingerprint density at radius 1 is 1.15 bits per heavy atom. The number of nitro benzene ring substituents is 1. The lowest BCUT2D eigenvalue weighted by atomic mass is 10.2. The molecule has 1 fully saturated rings. The monoisotopic (exact) mass is 386 g/mol. The van der Waals surface area contributed by atoms with Gasteiger partial charge in [0.05, 0.1) is 16.9 Å². The molecule has 0 unspecified atom stereocenters. The number of amides is 2. The maximum absolute atomic E-state index is 11.6. The Bertz CT molecular complexity index is 939. The highest BCUT2D eigenvalue weighted by atomic mass is 32.2. The minimum absolute atomic E-state index is 0.0148. The summed E-state index contributed by atoms with van der Waals surface area (Å²) in [5.41, 5.74) is 1.47. The van der Waals surface area contributed by atoms with E-state index in [4.69, 9.17) is 9.47 Å². The normalized spacial score (nSPS) is 14.9. The van der Waals surface area contributed by atoms with Gasteiger partial charge in [0.1, 0.15) is 6.61 Å². The van der Waals surface area contributed by atoms with E-state index in [1.807, 2.05) is 0 Å². The molecule has 1 heterocycles. The van der Waals surface area contributed by atoms with Crippen LogP contribution in [-0.2, 0) is 11.4 Å². The Balaban J connectivity index is 1.73. The summed E-state index contributed by atoms with van der Waals surface area (Å²) in [4.78, 5) is 33.4. The number of carbonyl (C=O) groups excluding carboxylic acids is 2. The molecule has 0 aromatic heterocycles. The average Bonchev–Trinajstić information content (AvgIpc) is 2.97. The molecule has 2 amide bonds. The first-order valence-corrected chi connectivity index (χ1v) is 8.57. The smallest absolute Gasteiger partial charge is 0.290 e. The van der Waals surface area contributed by atoms with E-state index in [2.05, 4.69) is 5.32 Å². The van der Waals surface area contributed by atoms with Gasteiger partial charge in [0.15, 0.2) is 11.5 Å². The highest BCUT2D eigenvalue weighted by Gasteiger charge is 2.25. The summed E-state index contributed by atoms with van der Waals surface area (Å²) >= 11 is 0.838. The van der Waals surface area contributed by atoms with Crippen molar-refractivity contribution in [1.82, 2.24) is 5.32 Å². The molecule has 0 atom stereocenters. The van der Waals surface area contributed by atoms with E-state index < -0.39 is 16.1 Å². The van der Waals surface area contributed by atoms with Gasteiger partial charge in [-0.05, 0) is 53.2 Å². The highest BCUT2D eigenvalue weighted by Crippen LogP contribution is 2.32. The van der Waals surface area contributed by atoms with Gasteiger partial charge >= 0.3 is 0 Å². The third-order valence-electron chi connectivity index (χ3n) is 3.67. The van der Waals surface area contributed by atoms with Crippen LogP contribution in [0.4, 0.5) is 10.5 Å². The van der Waals surface area contributed by atoms with Crippen molar-refractivity contribution in [3.63, 3.8) is 0 Å². The van der Waals surface area contributed by atoms with Crippen molar-refractivity contribution in [3.8, 4) is 11.5 Å². The third kappa shape index (κ3) is 4.45. The lowest BCUT2D eigenvalue weighted by Crippen LogP contribution is -2.17. The largest absolute Gasteiger partial charge is 0.493 e. The van der Waals surface area contributed by atoms with Gasteiger partial charge in [-0.15, -0.1) is 0 Å². The fourth-order valence-corrected chi connectivity index (χ4v) is 3.02. The quantitative estimate of drug-likeness (QED) is 0.460. The van der Waals surface area contributed by atoms with Gasteiger partial charge in [0.25, 0.3) is 16.8 Å². The van der Waals surface area contributed by atoms with Gasteiger partial charge in [-0.25, -0.2) is 0 Å². The van der Waals surface area contributed by atoms with Crippen LogP contribution in [0.5, 0.6) is 11.5 Å². The molecule has 1 aliphatic heterocycles. The third-order valence-corrected chi connectivity index (χ3v) is 4.48. The zero-order valence-electron chi connectivity index (χ0n) is 14.1. The average molecular weight is 386 g/mol. The topological polar surface area (TPSA) is 108 Å². The van der Waals surface area contributed by atoms with E-state index in [0.717, 1.165) is 17.3 Å². The van der Waals surface area contributed by atoms with Gasteiger partial charge in [-0.1, -0.05) is 6.07 Å². The van der Waals surface area contributed by atoms with Gasteiger partial charge in [0, 0.05) is 12.1 Å². The van der Waals surface area contributed by atoms with Gasteiger partial charge in [-0.2, -0.15) is 0 Å². The number of thioether (sulfide) groups is 1. The zero-order chi connectivity index (χ0) is 19.4. The van der Waals surface area contributed by atoms with Crippen LogP contribution in [0.15, 0.2) is 47.4 Å². The number of rotatable bonds is 6. The van der Waals surface area contributed by atoms with E-state index in [1.54, 1.807) is 36.4 Å². The highest BCUT2D eigenvalue weighted by molar-refractivity contribution is 8.18. The summed E-state index contributed by atoms with van der Waals surface area (Å²) < 4.78 is 11.0. The Morgan fingerprint density at radius 3 is 2.48 bits per heavy atom. The van der Waals surface area contributed by atoms with Crippen molar-refractivity contribution in [2.45, 2.75) is 6.61 Å². The molecule has 1 N–H and O–H groups in total. The molecule has 2 aromatic rings. The number of nitrogens with one attached hydrogen (secondary N) is 1. The number of benzene rings is 2. The molecule has 1 saturated heterocycles. The molecule has 0 bridgehead atoms. The zero-order valence-corrected chi connectivity index (χ0v) is 14.9. The summed E-state index contributed by atoms with van der Waals surface area (Å²) in [6.45, 7) is 0.210. The fraction of sp³-hybridized carbons (Fsp3) is 0.111. The number of nitrogens with zero attached hydrogens (tertiary/aromatic N) is 1. The second-order valence-corrected chi connectivity index (χ2v) is 6.49. The van der Waals surface area contributed by atoms with Crippen LogP contribution in [-0.4, -0.2) is 23.2 Å². The molecule has 0 aliphatic carbocycles. The van der Waals surface area contributed by atoms with Gasteiger partial charge in [-0.3, -0.25) is 25.0 Å². The van der Waals surface area contributed by atoms with Crippen LogP contribution in [0, 0.1) is 10.1 Å². The number of imide groups is 1. The first kappa shape index (κ1) is 18.5. The van der Waals surface area contributed by atoms with Crippen LogP contribution < -0.4 is 14.8 Å². The molecule has 3 rings (SSSR count). The number of methoxy groups -OCH3 is 1. The van der Waals surface area contributed by atoms with E-state index >= 15 is 0 Å². The van der Waals surface area contributed by atoms with Crippen LogP contribution in [0.1, 0.15) is 11.1 Å². The Morgan fingerprint density at radius 2 is 1.89 bits per heavy atom. The van der Waals surface area contributed by atoms with Crippen LogP contribution in [0.2, 0.25) is 0 Å². The minimum atomic E-state index is -0.461. The number of carbonyl (C=O) groups is 2. The van der Waals surface area contributed by atoms with Crippen LogP contribution in [0.3, 0.4) is 0 Å². The first-order chi connectivity index (χ1) is 13.0. The lowest BCUT2D eigenvalue weighted by molar-refractivity contribution is -0.384. The molecule has 0 saturated carbocycles. The standard InChI is InChI=1S/C18H14N2O6S/c1-25-15-8-12(9-16-17(21)19-18(22)27-16)4-7-14(15)26-10-11-2-5-13(6-3-11)20(23)24/h2-9H,10H2,1H3,(H,19,21,22). The lowest BCUT2D eigenvalue weighted by Gasteiger charge is -2.11. The van der Waals surface area contributed by atoms with Crippen molar-refractivity contribution >= 4 is 34.7 Å². The number of hydrogen-bond acceptors (Lipinski definition) is 7. The Hall–Kier alpha value is -3.33. The second-order valence-electron chi connectivity index (χ2n) is 5.47. The molecule has 9 heteroatoms. The minimum Gasteiger partial charge on any atom is -0.493 e. The molecule has 0 radical (unpaired) electrons. The Kier molecular flexibility index (Phi) is 5.41. The van der Waals surface area contributed by atoms with Crippen molar-refractivity contribution in [3.05, 3.63) is 68.6 Å². The van der Waals surface area contributed by atoms with Crippen LogP contribution in [0.25, 0.3) is 6.08 Å². The molecule has 27 heavy (non-hydrogen) atoms. The van der Waals surface area contributed by atoms with Crippen molar-refractivity contribution in [2.75, 3.05) is 7.11 Å². The predicted octanol–water partition coefficient (Wildman–Crippen LogP) is 3.51. The van der Waals surface area contributed by atoms with E-state index in [-0.39, 0.29) is 12.3 Å². The van der Waals surface area contributed by atoms with Crippen LogP contribution >= 0.6 is 11.8 Å². The predicted molar refractivity (Wildman–Crippen MR) is 99.5 cm³/mol. The van der Waals surface area contributed by atoms with Crippen molar-refractivity contribution < 1.29 is 24.0 Å². The molecule has 8 nitrogen and oxygen atoms in total. The number of nitro groups is 1. The molecular weight excluding hydrogens is 372 g/mol. The van der Waals surface area contributed by atoms with Gasteiger partial charge < -0.3 is 9.47 Å². The summed E-state index contributed by atoms with van der Waals surface area (Å²) in [6, 6.07) is 11.2. The van der Waals surface area contributed by atoms with Crippen molar-refractivity contribution in [2.24, 2.45) is 0 Å². The molecule has 138 valence electrons. The molecular formula is C18H14N2O6S. The summed E-state index contributed by atoms with van der Waals surface area (Å²) in [5.74, 6) is 0.515. The SMILES string of the molecule is COc1cc(C=C2SC(=O)NC2=O)ccc1OCc1ccc([N+](=O)[O-])cc1. The maximum atomic E-state index is 11.6. The fourth-order valence-electron chi connectivity index (χ4n) is 2.34. The van der Waals surface area contributed by atoms with Gasteiger partial charge in [0.2, 0.25) is 0 Å². The summed E-state index contributed by atoms with van der Waals surface area (Å²) in [5, 5.41) is 12.5.